The van der Waals surface area contributed by atoms with Crippen LogP contribution in [0.25, 0.3) is 44.2 Å². The van der Waals surface area contributed by atoms with Crippen molar-refractivity contribution >= 4 is 39.0 Å². The standard InChI is InChI=1S/C28H23ClN6O2/c29-22-7-3-6-20(23(30)15-34(31)18-9-10-18)26(22)16-8-11-21-24(12-16)33-28(37)35(27(21)36)25-14-32-13-17-4-1-2-5-19(17)25/h1-8,11-15,18H,9-10,30-31H2,(H,33,37)/b23-15-. The average molecular weight is 511 g/mol. The number of hydrogen-bond donors (Lipinski definition) is 3. The Hall–Kier alpha value is -4.40. The van der Waals surface area contributed by atoms with E-state index in [1.165, 1.54) is 6.20 Å². The minimum atomic E-state index is -0.560. The number of nitrogens with one attached hydrogen (secondary N) is 1. The highest BCUT2D eigenvalue weighted by Crippen LogP contribution is 2.35. The summed E-state index contributed by atoms with van der Waals surface area (Å²) >= 11 is 6.62. The van der Waals surface area contributed by atoms with E-state index in [0.717, 1.165) is 28.2 Å². The van der Waals surface area contributed by atoms with Gasteiger partial charge < -0.3 is 15.7 Å². The SMILES string of the molecule is N/C(=C\N(N)C1CC1)c1cccc(Cl)c1-c1ccc2c(=O)n(-c3cncc4ccccc34)c(=O)[nH]c2c1. The molecule has 0 aliphatic heterocycles. The molecule has 0 unspecified atom stereocenters. The molecule has 9 heteroatoms. The lowest BCUT2D eigenvalue weighted by Crippen LogP contribution is -2.33. The number of aromatic amines is 1. The fourth-order valence-corrected chi connectivity index (χ4v) is 4.92. The number of rotatable bonds is 5. The van der Waals surface area contributed by atoms with Gasteiger partial charge in [-0.2, -0.15) is 0 Å². The van der Waals surface area contributed by atoms with Crippen molar-refractivity contribution in [1.29, 1.82) is 0 Å². The predicted molar refractivity (Wildman–Crippen MR) is 147 cm³/mol. The number of nitrogens with two attached hydrogens (primary N) is 2. The highest BCUT2D eigenvalue weighted by molar-refractivity contribution is 6.33. The molecule has 184 valence electrons. The topological polar surface area (TPSA) is 123 Å². The first kappa shape index (κ1) is 23.0. The third-order valence-corrected chi connectivity index (χ3v) is 6.97. The van der Waals surface area contributed by atoms with Crippen LogP contribution < -0.4 is 22.8 Å². The van der Waals surface area contributed by atoms with E-state index in [9.17, 15) is 9.59 Å². The molecule has 8 nitrogen and oxygen atoms in total. The second-order valence-corrected chi connectivity index (χ2v) is 9.54. The molecule has 5 N–H and O–H groups in total. The highest BCUT2D eigenvalue weighted by atomic mass is 35.5. The van der Waals surface area contributed by atoms with E-state index in [1.807, 2.05) is 36.4 Å². The Balaban J connectivity index is 1.51. The van der Waals surface area contributed by atoms with Crippen LogP contribution in [0.5, 0.6) is 0 Å². The normalized spacial score (nSPS) is 13.8. The molecule has 2 aromatic heterocycles. The van der Waals surface area contributed by atoms with Crippen LogP contribution in [0.2, 0.25) is 5.02 Å². The van der Waals surface area contributed by atoms with E-state index in [0.29, 0.717) is 50.0 Å². The molecule has 1 aliphatic rings. The first-order valence-electron chi connectivity index (χ1n) is 11.8. The first-order valence-corrected chi connectivity index (χ1v) is 12.2. The number of benzene rings is 3. The van der Waals surface area contributed by atoms with Gasteiger partial charge in [-0.15, -0.1) is 0 Å². The van der Waals surface area contributed by atoms with Gasteiger partial charge in [-0.3, -0.25) is 9.78 Å². The Morgan fingerprint density at radius 2 is 1.86 bits per heavy atom. The van der Waals surface area contributed by atoms with Crippen LogP contribution in [0.15, 0.2) is 88.8 Å². The molecule has 0 saturated heterocycles. The molecule has 0 atom stereocenters. The molecule has 0 amide bonds. The third kappa shape index (κ3) is 4.06. The molecule has 1 aliphatic carbocycles. The molecular formula is C28H23ClN6O2. The van der Waals surface area contributed by atoms with Crippen molar-refractivity contribution in [3.63, 3.8) is 0 Å². The Kier molecular flexibility index (Phi) is 5.55. The smallest absolute Gasteiger partial charge is 0.333 e. The van der Waals surface area contributed by atoms with Crippen LogP contribution in [0.1, 0.15) is 18.4 Å². The van der Waals surface area contributed by atoms with E-state index < -0.39 is 11.2 Å². The quantitative estimate of drug-likeness (QED) is 0.241. The van der Waals surface area contributed by atoms with Crippen molar-refractivity contribution in [2.75, 3.05) is 0 Å². The Morgan fingerprint density at radius 3 is 2.68 bits per heavy atom. The van der Waals surface area contributed by atoms with E-state index in [2.05, 4.69) is 9.97 Å². The van der Waals surface area contributed by atoms with Crippen molar-refractivity contribution in [3.05, 3.63) is 111 Å². The summed E-state index contributed by atoms with van der Waals surface area (Å²) in [5.41, 5.74) is 8.81. The number of halogens is 1. The monoisotopic (exact) mass is 510 g/mol. The zero-order chi connectivity index (χ0) is 25.7. The van der Waals surface area contributed by atoms with Crippen LogP contribution in [-0.2, 0) is 0 Å². The van der Waals surface area contributed by atoms with Gasteiger partial charge in [-0.05, 0) is 36.6 Å². The molecule has 0 spiro atoms. The molecule has 0 radical (unpaired) electrons. The van der Waals surface area contributed by atoms with Gasteiger partial charge in [0.1, 0.15) is 0 Å². The number of H-pyrrole nitrogens is 1. The highest BCUT2D eigenvalue weighted by Gasteiger charge is 2.26. The van der Waals surface area contributed by atoms with Gasteiger partial charge in [0.2, 0.25) is 0 Å². The summed E-state index contributed by atoms with van der Waals surface area (Å²) in [5, 5.41) is 4.05. The fourth-order valence-electron chi connectivity index (χ4n) is 4.64. The number of pyridine rings is 1. The van der Waals surface area contributed by atoms with E-state index in [-0.39, 0.29) is 0 Å². The molecule has 0 bridgehead atoms. The molecule has 5 aromatic rings. The van der Waals surface area contributed by atoms with Crippen LogP contribution in [0.4, 0.5) is 0 Å². The molecule has 2 heterocycles. The van der Waals surface area contributed by atoms with Crippen molar-refractivity contribution in [2.45, 2.75) is 18.9 Å². The predicted octanol–water partition coefficient (Wildman–Crippen LogP) is 4.14. The van der Waals surface area contributed by atoms with Gasteiger partial charge in [0.05, 0.1) is 28.5 Å². The van der Waals surface area contributed by atoms with Gasteiger partial charge in [-0.1, -0.05) is 54.1 Å². The maximum atomic E-state index is 13.5. The van der Waals surface area contributed by atoms with Gasteiger partial charge in [0.15, 0.2) is 0 Å². The second kappa shape index (κ2) is 8.92. The molecule has 1 saturated carbocycles. The third-order valence-electron chi connectivity index (χ3n) is 6.66. The number of hydrogen-bond acceptors (Lipinski definition) is 6. The van der Waals surface area contributed by atoms with Crippen LogP contribution in [-0.4, -0.2) is 25.6 Å². The van der Waals surface area contributed by atoms with Crippen molar-refractivity contribution < 1.29 is 0 Å². The number of aromatic nitrogens is 3. The summed E-state index contributed by atoms with van der Waals surface area (Å²) in [7, 11) is 0. The number of nitrogens with zero attached hydrogens (tertiary/aromatic N) is 3. The van der Waals surface area contributed by atoms with E-state index in [1.54, 1.807) is 41.7 Å². The Labute approximate surface area is 216 Å². The summed E-state index contributed by atoms with van der Waals surface area (Å²) in [5.74, 6) is 6.11. The van der Waals surface area contributed by atoms with Gasteiger partial charge in [-0.25, -0.2) is 15.2 Å². The van der Waals surface area contributed by atoms with Crippen molar-refractivity contribution in [2.24, 2.45) is 11.6 Å². The minimum Gasteiger partial charge on any atom is -0.397 e. The number of hydrazine groups is 1. The second-order valence-electron chi connectivity index (χ2n) is 9.14. The van der Waals surface area contributed by atoms with E-state index >= 15 is 0 Å². The Bertz CT molecular complexity index is 1830. The number of fused-ring (bicyclic) bond motifs is 2. The van der Waals surface area contributed by atoms with Crippen molar-refractivity contribution in [1.82, 2.24) is 19.5 Å². The van der Waals surface area contributed by atoms with Crippen LogP contribution in [0.3, 0.4) is 0 Å². The summed E-state index contributed by atoms with van der Waals surface area (Å²) in [6.07, 6.45) is 7.00. The molecule has 1 fully saturated rings. The maximum absolute atomic E-state index is 13.5. The van der Waals surface area contributed by atoms with E-state index in [4.69, 9.17) is 23.2 Å². The zero-order valence-corrected chi connectivity index (χ0v) is 20.4. The first-order chi connectivity index (χ1) is 17.9. The maximum Gasteiger partial charge on any atom is 0.333 e. The van der Waals surface area contributed by atoms with Crippen LogP contribution in [0, 0.1) is 0 Å². The summed E-state index contributed by atoms with van der Waals surface area (Å²) < 4.78 is 1.12. The molecular weight excluding hydrogens is 488 g/mol. The lowest BCUT2D eigenvalue weighted by atomic mass is 9.97. The van der Waals surface area contributed by atoms with Gasteiger partial charge in [0.25, 0.3) is 5.56 Å². The lowest BCUT2D eigenvalue weighted by Gasteiger charge is -2.17. The van der Waals surface area contributed by atoms with Gasteiger partial charge >= 0.3 is 5.69 Å². The van der Waals surface area contributed by atoms with Crippen molar-refractivity contribution in [3.8, 4) is 16.8 Å². The summed E-state index contributed by atoms with van der Waals surface area (Å²) in [6, 6.07) is 18.5. The molecule has 3 aromatic carbocycles. The van der Waals surface area contributed by atoms with Gasteiger partial charge in [0, 0.05) is 45.4 Å². The van der Waals surface area contributed by atoms with Crippen LogP contribution >= 0.6 is 11.6 Å². The summed E-state index contributed by atoms with van der Waals surface area (Å²) in [6.45, 7) is 0. The summed E-state index contributed by atoms with van der Waals surface area (Å²) in [4.78, 5) is 33.8. The largest absolute Gasteiger partial charge is 0.397 e. The Morgan fingerprint density at radius 1 is 1.05 bits per heavy atom. The molecule has 6 rings (SSSR count). The average Bonchev–Trinajstić information content (AvgIpc) is 3.74. The fraction of sp³-hybridized carbons (Fsp3) is 0.107. The zero-order valence-electron chi connectivity index (χ0n) is 19.7. The lowest BCUT2D eigenvalue weighted by molar-refractivity contribution is 0.384. The minimum absolute atomic E-state index is 0.297. The molecule has 37 heavy (non-hydrogen) atoms.